The number of methoxy groups -OCH3 is 2. The Bertz CT molecular complexity index is 188. The van der Waals surface area contributed by atoms with E-state index in [1.807, 2.05) is 6.92 Å². The van der Waals surface area contributed by atoms with Crippen LogP contribution >= 0.6 is 0 Å². The van der Waals surface area contributed by atoms with Crippen LogP contribution in [-0.4, -0.2) is 52.0 Å². The predicted octanol–water partition coefficient (Wildman–Crippen LogP) is 0.152. The van der Waals surface area contributed by atoms with Gasteiger partial charge in [-0.1, -0.05) is 6.92 Å². The third kappa shape index (κ3) is 7.62. The zero-order valence-corrected chi connectivity index (χ0v) is 10.7. The molecule has 0 aliphatic rings. The lowest BCUT2D eigenvalue weighted by atomic mass is 10.2. The van der Waals surface area contributed by atoms with Crippen molar-refractivity contribution < 1.29 is 14.3 Å². The summed E-state index contributed by atoms with van der Waals surface area (Å²) < 4.78 is 9.97. The first-order valence-corrected chi connectivity index (χ1v) is 5.64. The van der Waals surface area contributed by atoms with Crippen LogP contribution in [0.5, 0.6) is 0 Å². The highest BCUT2D eigenvalue weighted by Gasteiger charge is 2.10. The second-order valence-corrected chi connectivity index (χ2v) is 3.87. The Kier molecular flexibility index (Phi) is 9.18. The lowest BCUT2D eigenvalue weighted by molar-refractivity contribution is -0.121. The molecule has 0 radical (unpaired) electrons. The molecule has 0 saturated carbocycles. The normalized spacial score (nSPS) is 14.5. The van der Waals surface area contributed by atoms with Gasteiger partial charge in [-0.2, -0.15) is 0 Å². The second-order valence-electron chi connectivity index (χ2n) is 3.87. The molecule has 5 nitrogen and oxygen atoms in total. The van der Waals surface area contributed by atoms with E-state index < -0.39 is 0 Å². The number of ether oxygens (including phenoxy) is 2. The van der Waals surface area contributed by atoms with Gasteiger partial charge >= 0.3 is 0 Å². The summed E-state index contributed by atoms with van der Waals surface area (Å²) in [6, 6.07) is 0.273. The van der Waals surface area contributed by atoms with E-state index in [9.17, 15) is 4.79 Å². The molecule has 0 aromatic heterocycles. The molecule has 0 aliphatic heterocycles. The predicted molar refractivity (Wildman–Crippen MR) is 63.4 cm³/mol. The van der Waals surface area contributed by atoms with Crippen LogP contribution < -0.4 is 10.6 Å². The molecule has 2 atom stereocenters. The van der Waals surface area contributed by atoms with Crippen LogP contribution in [0.3, 0.4) is 0 Å². The van der Waals surface area contributed by atoms with Crippen LogP contribution in [-0.2, 0) is 14.3 Å². The fourth-order valence-corrected chi connectivity index (χ4v) is 1.38. The molecule has 2 N–H and O–H groups in total. The van der Waals surface area contributed by atoms with E-state index in [4.69, 9.17) is 9.47 Å². The fourth-order valence-electron chi connectivity index (χ4n) is 1.38. The largest absolute Gasteiger partial charge is 0.383 e. The first kappa shape index (κ1) is 15.3. The molecule has 0 saturated heterocycles. The Morgan fingerprint density at radius 3 is 2.38 bits per heavy atom. The van der Waals surface area contributed by atoms with Crippen molar-refractivity contribution in [1.82, 2.24) is 10.6 Å². The average molecular weight is 232 g/mol. The molecule has 2 unspecified atom stereocenters. The van der Waals surface area contributed by atoms with Crippen LogP contribution in [0.15, 0.2) is 0 Å². The average Bonchev–Trinajstić information content (AvgIpc) is 2.24. The molecule has 16 heavy (non-hydrogen) atoms. The zero-order valence-electron chi connectivity index (χ0n) is 10.7. The topological polar surface area (TPSA) is 59.6 Å². The number of rotatable bonds is 9. The smallest absolute Gasteiger partial charge is 0.234 e. The van der Waals surface area contributed by atoms with Crippen LogP contribution in [0, 0.1) is 0 Å². The number of nitrogens with one attached hydrogen (secondary N) is 2. The molecule has 0 aromatic carbocycles. The lowest BCUT2D eigenvalue weighted by Gasteiger charge is -2.17. The van der Waals surface area contributed by atoms with Gasteiger partial charge in [-0.05, 0) is 13.3 Å². The van der Waals surface area contributed by atoms with Crippen LogP contribution in [0.1, 0.15) is 20.3 Å². The summed E-state index contributed by atoms with van der Waals surface area (Å²) in [7, 11) is 3.28. The van der Waals surface area contributed by atoms with Crippen LogP contribution in [0.25, 0.3) is 0 Å². The molecule has 1 amide bonds. The quantitative estimate of drug-likeness (QED) is 0.594. The van der Waals surface area contributed by atoms with Crippen molar-refractivity contribution in [3.05, 3.63) is 0 Å². The zero-order chi connectivity index (χ0) is 12.4. The van der Waals surface area contributed by atoms with Gasteiger partial charge in [0.2, 0.25) is 5.91 Å². The van der Waals surface area contributed by atoms with Crippen molar-refractivity contribution in [2.75, 3.05) is 34.0 Å². The van der Waals surface area contributed by atoms with Gasteiger partial charge in [0, 0.05) is 26.3 Å². The van der Waals surface area contributed by atoms with E-state index in [0.717, 1.165) is 6.42 Å². The Morgan fingerprint density at radius 1 is 1.25 bits per heavy atom. The van der Waals surface area contributed by atoms with Crippen LogP contribution in [0.4, 0.5) is 0 Å². The monoisotopic (exact) mass is 232 g/mol. The summed E-state index contributed by atoms with van der Waals surface area (Å²) >= 11 is 0. The number of amides is 1. The second kappa shape index (κ2) is 9.57. The fraction of sp³-hybridized carbons (Fsp3) is 0.909. The van der Waals surface area contributed by atoms with E-state index in [1.165, 1.54) is 0 Å². The van der Waals surface area contributed by atoms with E-state index in [1.54, 1.807) is 14.2 Å². The molecule has 0 aliphatic carbocycles. The van der Waals surface area contributed by atoms with Crippen molar-refractivity contribution in [3.8, 4) is 0 Å². The molecule has 96 valence electrons. The number of hydrogen-bond donors (Lipinski definition) is 2. The SMILES string of the molecule is CCC(COC)NCC(=O)NC(C)COC. The molecule has 0 spiro atoms. The Labute approximate surface area is 97.9 Å². The van der Waals surface area contributed by atoms with Gasteiger partial charge in [0.05, 0.1) is 19.8 Å². The first-order chi connectivity index (χ1) is 7.63. The minimum atomic E-state index is -0.0147. The van der Waals surface area contributed by atoms with Gasteiger partial charge < -0.3 is 20.1 Å². The van der Waals surface area contributed by atoms with Crippen molar-refractivity contribution in [2.45, 2.75) is 32.4 Å². The van der Waals surface area contributed by atoms with E-state index in [-0.39, 0.29) is 18.0 Å². The molecule has 0 aromatic rings. The molecule has 5 heteroatoms. The molecule has 0 rings (SSSR count). The third-order valence-corrected chi connectivity index (χ3v) is 2.24. The molecule has 0 bridgehead atoms. The maximum Gasteiger partial charge on any atom is 0.234 e. The van der Waals surface area contributed by atoms with Gasteiger partial charge in [-0.25, -0.2) is 0 Å². The highest BCUT2D eigenvalue weighted by atomic mass is 16.5. The van der Waals surface area contributed by atoms with Gasteiger partial charge in [-0.3, -0.25) is 4.79 Å². The standard InChI is InChI=1S/C11H24N2O3/c1-5-10(8-16-4)12-6-11(14)13-9(2)7-15-3/h9-10,12H,5-8H2,1-4H3,(H,13,14). The van der Waals surface area contributed by atoms with Gasteiger partial charge in [0.15, 0.2) is 0 Å². The summed E-state index contributed by atoms with van der Waals surface area (Å²) in [6.45, 7) is 5.43. The minimum absolute atomic E-state index is 0.0147. The summed E-state index contributed by atoms with van der Waals surface area (Å²) in [5, 5.41) is 5.97. The van der Waals surface area contributed by atoms with E-state index in [2.05, 4.69) is 17.6 Å². The van der Waals surface area contributed by atoms with Gasteiger partial charge in [0.25, 0.3) is 0 Å². The minimum Gasteiger partial charge on any atom is -0.383 e. The summed E-state index contributed by atoms with van der Waals surface area (Å²) in [5.74, 6) is -0.0147. The summed E-state index contributed by atoms with van der Waals surface area (Å²) in [5.41, 5.74) is 0. The number of hydrogen-bond acceptors (Lipinski definition) is 4. The molecule has 0 fully saturated rings. The van der Waals surface area contributed by atoms with Crippen LogP contribution in [0.2, 0.25) is 0 Å². The molecule has 0 heterocycles. The van der Waals surface area contributed by atoms with E-state index >= 15 is 0 Å². The highest BCUT2D eigenvalue weighted by Crippen LogP contribution is 1.90. The van der Waals surface area contributed by atoms with Crippen molar-refractivity contribution in [3.63, 3.8) is 0 Å². The maximum absolute atomic E-state index is 11.5. The number of carbonyl (C=O) groups is 1. The van der Waals surface area contributed by atoms with Gasteiger partial charge in [0.1, 0.15) is 0 Å². The van der Waals surface area contributed by atoms with Crippen molar-refractivity contribution in [2.24, 2.45) is 0 Å². The Balaban J connectivity index is 3.70. The first-order valence-electron chi connectivity index (χ1n) is 5.64. The maximum atomic E-state index is 11.5. The Hall–Kier alpha value is -0.650. The van der Waals surface area contributed by atoms with E-state index in [0.29, 0.717) is 19.8 Å². The molecular formula is C11H24N2O3. The lowest BCUT2D eigenvalue weighted by Crippen LogP contribution is -2.44. The third-order valence-electron chi connectivity index (χ3n) is 2.24. The molecular weight excluding hydrogens is 208 g/mol. The van der Waals surface area contributed by atoms with Crippen molar-refractivity contribution >= 4 is 5.91 Å². The highest BCUT2D eigenvalue weighted by molar-refractivity contribution is 5.78. The summed E-state index contributed by atoms with van der Waals surface area (Å²) in [4.78, 5) is 11.5. The number of carbonyl (C=O) groups excluding carboxylic acids is 1. The van der Waals surface area contributed by atoms with Gasteiger partial charge in [-0.15, -0.1) is 0 Å². The summed E-state index contributed by atoms with van der Waals surface area (Å²) in [6.07, 6.45) is 0.939. The van der Waals surface area contributed by atoms with Crippen molar-refractivity contribution in [1.29, 1.82) is 0 Å². The Morgan fingerprint density at radius 2 is 1.88 bits per heavy atom.